The Morgan fingerprint density at radius 3 is 2.77 bits per heavy atom. The molecule has 1 fully saturated rings. The Morgan fingerprint density at radius 1 is 1.38 bits per heavy atom. The zero-order valence-electron chi connectivity index (χ0n) is 14.0. The summed E-state index contributed by atoms with van der Waals surface area (Å²) in [6, 6.07) is 3.13. The summed E-state index contributed by atoms with van der Waals surface area (Å²) in [6.07, 6.45) is -3.82. The number of thiazole rings is 1. The van der Waals surface area contributed by atoms with Gasteiger partial charge in [0, 0.05) is 29.6 Å². The molecule has 3 heterocycles. The van der Waals surface area contributed by atoms with Crippen molar-refractivity contribution in [1.82, 2.24) is 9.97 Å². The van der Waals surface area contributed by atoms with Gasteiger partial charge in [0.05, 0.1) is 12.7 Å². The molecular weight excluding hydrogens is 371 g/mol. The summed E-state index contributed by atoms with van der Waals surface area (Å²) in [5.41, 5.74) is -0.458. The van der Waals surface area contributed by atoms with Crippen molar-refractivity contribution in [2.45, 2.75) is 38.7 Å². The van der Waals surface area contributed by atoms with Crippen molar-refractivity contribution in [3.05, 3.63) is 34.6 Å². The van der Waals surface area contributed by atoms with Crippen molar-refractivity contribution in [3.63, 3.8) is 0 Å². The Hall–Kier alpha value is -2.20. The normalized spacial score (nSPS) is 20.2. The number of amides is 1. The highest BCUT2D eigenvalue weighted by Crippen LogP contribution is 2.31. The smallest absolute Gasteiger partial charge is 0.434 e. The second-order valence-corrected chi connectivity index (χ2v) is 6.80. The van der Waals surface area contributed by atoms with Gasteiger partial charge in [-0.2, -0.15) is 13.2 Å². The quantitative estimate of drug-likeness (QED) is 0.867. The van der Waals surface area contributed by atoms with Crippen LogP contribution in [0, 0.1) is 6.92 Å². The van der Waals surface area contributed by atoms with E-state index in [-0.39, 0.29) is 23.0 Å². The van der Waals surface area contributed by atoms with Crippen LogP contribution in [-0.2, 0) is 10.9 Å². The number of pyridine rings is 1. The third-order valence-corrected chi connectivity index (χ3v) is 4.40. The molecule has 1 N–H and O–H groups in total. The summed E-state index contributed by atoms with van der Waals surface area (Å²) < 4.78 is 49.0. The highest BCUT2D eigenvalue weighted by Gasteiger charge is 2.34. The molecule has 2 atom stereocenters. The maximum atomic E-state index is 12.6. The van der Waals surface area contributed by atoms with Crippen LogP contribution in [-0.4, -0.2) is 34.7 Å². The van der Waals surface area contributed by atoms with Crippen LogP contribution in [0.1, 0.15) is 35.2 Å². The van der Waals surface area contributed by atoms with Crippen LogP contribution in [0.2, 0.25) is 0 Å². The fraction of sp³-hybridized carbons (Fsp3) is 0.438. The molecule has 0 bridgehead atoms. The van der Waals surface area contributed by atoms with E-state index in [1.807, 2.05) is 6.92 Å². The van der Waals surface area contributed by atoms with E-state index < -0.39 is 17.8 Å². The minimum Gasteiger partial charge on any atom is -0.488 e. The summed E-state index contributed by atoms with van der Waals surface area (Å²) in [7, 11) is 0. The predicted octanol–water partition coefficient (Wildman–Crippen LogP) is 3.67. The number of carbonyl (C=O) groups excluding carboxylic acids is 1. The standard InChI is InChI=1S/C16H16F3N3O3S/c1-8-3-10(25-11-4-9(2)24-6-11)5-12(20-8)14(23)22-15-21-13(7-26-15)16(17,18)19/h3,5,7,9,11H,4,6H2,1-2H3,(H,21,22,23)/t9-,11-/m1/s1. The van der Waals surface area contributed by atoms with Gasteiger partial charge in [0.15, 0.2) is 10.8 Å². The first-order valence-corrected chi connectivity index (χ1v) is 8.69. The van der Waals surface area contributed by atoms with Crippen molar-refractivity contribution >= 4 is 22.4 Å². The number of rotatable bonds is 4. The van der Waals surface area contributed by atoms with Gasteiger partial charge in [-0.15, -0.1) is 11.3 Å². The van der Waals surface area contributed by atoms with Crippen molar-refractivity contribution in [1.29, 1.82) is 0 Å². The van der Waals surface area contributed by atoms with E-state index in [9.17, 15) is 18.0 Å². The van der Waals surface area contributed by atoms with E-state index in [2.05, 4.69) is 15.3 Å². The summed E-state index contributed by atoms with van der Waals surface area (Å²) in [4.78, 5) is 19.8. The highest BCUT2D eigenvalue weighted by atomic mass is 32.1. The summed E-state index contributed by atoms with van der Waals surface area (Å²) in [5, 5.41) is 3.03. The monoisotopic (exact) mass is 387 g/mol. The molecule has 2 aromatic heterocycles. The van der Waals surface area contributed by atoms with E-state index >= 15 is 0 Å². The van der Waals surface area contributed by atoms with Crippen LogP contribution in [0.15, 0.2) is 17.5 Å². The van der Waals surface area contributed by atoms with E-state index in [0.717, 1.165) is 11.8 Å². The van der Waals surface area contributed by atoms with Gasteiger partial charge in [-0.25, -0.2) is 9.97 Å². The number of halogens is 3. The summed E-state index contributed by atoms with van der Waals surface area (Å²) in [6.45, 7) is 4.11. The van der Waals surface area contributed by atoms with Gasteiger partial charge in [-0.05, 0) is 13.8 Å². The lowest BCUT2D eigenvalue weighted by Crippen LogP contribution is -2.18. The third-order valence-electron chi connectivity index (χ3n) is 3.64. The molecule has 2 aromatic rings. The van der Waals surface area contributed by atoms with Gasteiger partial charge in [0.2, 0.25) is 0 Å². The van der Waals surface area contributed by atoms with Crippen LogP contribution in [0.3, 0.4) is 0 Å². The number of alkyl halides is 3. The summed E-state index contributed by atoms with van der Waals surface area (Å²) >= 11 is 0.696. The van der Waals surface area contributed by atoms with Crippen LogP contribution in [0.5, 0.6) is 5.75 Å². The molecule has 1 aliphatic heterocycles. The number of hydrogen-bond donors (Lipinski definition) is 1. The van der Waals surface area contributed by atoms with Crippen LogP contribution >= 0.6 is 11.3 Å². The van der Waals surface area contributed by atoms with Gasteiger partial charge in [0.1, 0.15) is 17.5 Å². The average molecular weight is 387 g/mol. The van der Waals surface area contributed by atoms with E-state index in [1.165, 1.54) is 6.07 Å². The lowest BCUT2D eigenvalue weighted by atomic mass is 10.2. The van der Waals surface area contributed by atoms with Crippen molar-refractivity contribution in [2.24, 2.45) is 0 Å². The molecule has 140 valence electrons. The molecule has 0 unspecified atom stereocenters. The molecule has 3 rings (SSSR count). The number of nitrogens with zero attached hydrogens (tertiary/aromatic N) is 2. The Morgan fingerprint density at radius 2 is 2.15 bits per heavy atom. The van der Waals surface area contributed by atoms with Gasteiger partial charge in [-0.3, -0.25) is 10.1 Å². The largest absolute Gasteiger partial charge is 0.488 e. The fourth-order valence-electron chi connectivity index (χ4n) is 2.50. The van der Waals surface area contributed by atoms with Gasteiger partial charge < -0.3 is 9.47 Å². The molecule has 1 saturated heterocycles. The van der Waals surface area contributed by atoms with Crippen molar-refractivity contribution in [2.75, 3.05) is 11.9 Å². The molecule has 1 aliphatic rings. The minimum absolute atomic E-state index is 0.0377. The van der Waals surface area contributed by atoms with Crippen molar-refractivity contribution < 1.29 is 27.4 Å². The molecule has 26 heavy (non-hydrogen) atoms. The van der Waals surface area contributed by atoms with Crippen molar-refractivity contribution in [3.8, 4) is 5.75 Å². The number of carbonyl (C=O) groups is 1. The Labute approximate surface area is 151 Å². The first kappa shape index (κ1) is 18.6. The second-order valence-electron chi connectivity index (χ2n) is 5.94. The van der Waals surface area contributed by atoms with Crippen LogP contribution in [0.25, 0.3) is 0 Å². The minimum atomic E-state index is -4.55. The van der Waals surface area contributed by atoms with E-state index in [1.54, 1.807) is 13.0 Å². The first-order chi connectivity index (χ1) is 12.2. The Balaban J connectivity index is 1.71. The van der Waals surface area contributed by atoms with Gasteiger partial charge in [0.25, 0.3) is 5.91 Å². The Bertz CT molecular complexity index is 810. The lowest BCUT2D eigenvalue weighted by molar-refractivity contribution is -0.140. The molecule has 0 radical (unpaired) electrons. The topological polar surface area (TPSA) is 73.3 Å². The number of aryl methyl sites for hydroxylation is 1. The predicted molar refractivity (Wildman–Crippen MR) is 88.5 cm³/mol. The Kier molecular flexibility index (Phi) is 5.15. The number of hydrogen-bond acceptors (Lipinski definition) is 6. The molecule has 10 heteroatoms. The zero-order chi connectivity index (χ0) is 18.9. The first-order valence-electron chi connectivity index (χ1n) is 7.81. The molecule has 0 aromatic carbocycles. The molecule has 6 nitrogen and oxygen atoms in total. The fourth-order valence-corrected chi connectivity index (χ4v) is 3.21. The van der Waals surface area contributed by atoms with E-state index in [0.29, 0.717) is 29.4 Å². The van der Waals surface area contributed by atoms with E-state index in [4.69, 9.17) is 9.47 Å². The van der Waals surface area contributed by atoms with Crippen LogP contribution in [0.4, 0.5) is 18.3 Å². The average Bonchev–Trinajstić information content (AvgIpc) is 3.15. The molecule has 1 amide bonds. The van der Waals surface area contributed by atoms with Gasteiger partial charge in [-0.1, -0.05) is 0 Å². The molecular formula is C16H16F3N3O3S. The molecule has 0 aliphatic carbocycles. The number of ether oxygens (including phenoxy) is 2. The number of anilines is 1. The second kappa shape index (κ2) is 7.20. The molecule has 0 spiro atoms. The zero-order valence-corrected chi connectivity index (χ0v) is 14.8. The van der Waals surface area contributed by atoms with Crippen LogP contribution < -0.4 is 10.1 Å². The highest BCUT2D eigenvalue weighted by molar-refractivity contribution is 7.14. The SMILES string of the molecule is Cc1cc(O[C@H]2CO[C@H](C)C2)cc(C(=O)Nc2nc(C(F)(F)F)cs2)n1. The maximum Gasteiger partial charge on any atom is 0.434 e. The van der Waals surface area contributed by atoms with Gasteiger partial charge >= 0.3 is 6.18 Å². The maximum absolute atomic E-state index is 12.6. The number of nitrogens with one attached hydrogen (secondary N) is 1. The summed E-state index contributed by atoms with van der Waals surface area (Å²) in [5.74, 6) is -0.196. The lowest BCUT2D eigenvalue weighted by Gasteiger charge is -2.13. The molecule has 0 saturated carbocycles. The third kappa shape index (κ3) is 4.50. The number of aromatic nitrogens is 2.